The Hall–Kier alpha value is -1.79. The number of carbonyl (C=O) groups excluding carboxylic acids is 3. The fourth-order valence-corrected chi connectivity index (χ4v) is 6.90. The Balaban J connectivity index is 2.46. The van der Waals surface area contributed by atoms with Crippen LogP contribution in [0.1, 0.15) is 20.8 Å². The quantitative estimate of drug-likeness (QED) is 0.0733. The minimum absolute atomic E-state index is 0.0234. The molecule has 23 heteroatoms. The van der Waals surface area contributed by atoms with Crippen LogP contribution in [0.2, 0.25) is 0 Å². The summed E-state index contributed by atoms with van der Waals surface area (Å²) in [4.78, 5) is 39.3. The van der Waals surface area contributed by atoms with E-state index >= 15 is 0 Å². The van der Waals surface area contributed by atoms with Crippen molar-refractivity contribution in [2.45, 2.75) is 135 Å². The largest absolute Gasteiger partial charge is 0.394 e. The molecular weight excluding hydrogens is 698 g/mol. The number of nitrogens with two attached hydrogens (primary N) is 3. The molecule has 296 valence electrons. The molecule has 3 fully saturated rings. The number of Topliss-reactive ketones (excluding diaryl/α,β-unsaturated/α-hetero) is 2. The van der Waals surface area contributed by atoms with Gasteiger partial charge >= 0.3 is 0 Å². The molecule has 18 N–H and O–H groups in total. The fourth-order valence-electron chi connectivity index (χ4n) is 6.90. The minimum atomic E-state index is -3.75. The summed E-state index contributed by atoms with van der Waals surface area (Å²) in [5.41, 5.74) is 7.80. The third-order valence-corrected chi connectivity index (χ3v) is 10.0. The summed E-state index contributed by atoms with van der Waals surface area (Å²) in [7, 11) is 0. The molecule has 23 nitrogen and oxygen atoms in total. The number of aliphatic hydroxyl groups excluding tert-OH is 11. The molecule has 0 aromatic heterocycles. The summed E-state index contributed by atoms with van der Waals surface area (Å²) in [5.74, 6) is -6.65. The van der Waals surface area contributed by atoms with Gasteiger partial charge in [-0.2, -0.15) is 0 Å². The predicted octanol–water partition coefficient (Wildman–Crippen LogP) is -10.4. The van der Waals surface area contributed by atoms with Crippen molar-refractivity contribution in [3.63, 3.8) is 0 Å². The zero-order valence-corrected chi connectivity index (χ0v) is 27.7. The van der Waals surface area contributed by atoms with Gasteiger partial charge in [-0.05, 0) is 13.8 Å². The van der Waals surface area contributed by atoms with Crippen LogP contribution in [0.5, 0.6) is 0 Å². The standard InChI is InChI=1S/C28H49N3O20/c1-8(36)26(31)27(46,25(3)21(44)18(42)19(43)23(45)51-25)22(48-24-14(30)17(41)16(40)12(6-34)47-24)13(7-35)49-28(26,9(2)37)50-20(11(38)5-33)15(39)10(29)4-32/h4,10-24,33-35,38-46H,5-7,29-31H2,1-3H3/t10-,11+,12+,13+,14+,15+,16+,17+,18-,19-,20+,21-,22-,23?,24-,25-,26-,27+,28+/m0/s1. The highest BCUT2D eigenvalue weighted by Gasteiger charge is 2.83. The van der Waals surface area contributed by atoms with Crippen molar-refractivity contribution >= 4 is 17.9 Å². The van der Waals surface area contributed by atoms with Crippen molar-refractivity contribution in [3.05, 3.63) is 0 Å². The van der Waals surface area contributed by atoms with Crippen molar-refractivity contribution in [1.82, 2.24) is 0 Å². The van der Waals surface area contributed by atoms with E-state index in [0.717, 1.165) is 6.92 Å². The van der Waals surface area contributed by atoms with Crippen LogP contribution in [0, 0.1) is 0 Å². The molecule has 0 spiro atoms. The Morgan fingerprint density at radius 3 is 1.94 bits per heavy atom. The van der Waals surface area contributed by atoms with Gasteiger partial charge in [-0.1, -0.05) is 0 Å². The molecule has 0 radical (unpaired) electrons. The number of hydrogen-bond acceptors (Lipinski definition) is 23. The molecule has 0 saturated carbocycles. The van der Waals surface area contributed by atoms with E-state index in [1.165, 1.54) is 0 Å². The molecule has 0 aliphatic carbocycles. The molecule has 0 aromatic rings. The summed E-state index contributed by atoms with van der Waals surface area (Å²) in [5, 5.41) is 129. The van der Waals surface area contributed by atoms with E-state index in [1.807, 2.05) is 0 Å². The lowest BCUT2D eigenvalue weighted by Gasteiger charge is -2.67. The molecule has 1 unspecified atom stereocenters. The monoisotopic (exact) mass is 747 g/mol. The number of hydrogen-bond donors (Lipinski definition) is 15. The summed E-state index contributed by atoms with van der Waals surface area (Å²) in [6, 6.07) is -3.70. The first-order valence-electron chi connectivity index (χ1n) is 15.7. The first-order chi connectivity index (χ1) is 23.5. The zero-order valence-electron chi connectivity index (χ0n) is 27.7. The number of aldehydes is 1. The second-order valence-electron chi connectivity index (χ2n) is 13.1. The van der Waals surface area contributed by atoms with Crippen molar-refractivity contribution in [2.24, 2.45) is 17.2 Å². The van der Waals surface area contributed by atoms with Crippen molar-refractivity contribution < 1.29 is 99.3 Å². The third-order valence-electron chi connectivity index (χ3n) is 10.0. The van der Waals surface area contributed by atoms with Gasteiger partial charge in [-0.3, -0.25) is 9.59 Å². The molecule has 19 atom stereocenters. The van der Waals surface area contributed by atoms with Gasteiger partial charge < -0.3 is 107 Å². The van der Waals surface area contributed by atoms with Gasteiger partial charge in [0.15, 0.2) is 35.3 Å². The molecule has 3 rings (SSSR count). The number of aliphatic hydroxyl groups is 12. The Kier molecular flexibility index (Phi) is 13.6. The minimum Gasteiger partial charge on any atom is -0.394 e. The Labute approximate surface area is 289 Å². The lowest BCUT2D eigenvalue weighted by Crippen LogP contribution is -2.95. The van der Waals surface area contributed by atoms with E-state index in [0.29, 0.717) is 13.8 Å². The average Bonchev–Trinajstić information content (AvgIpc) is 3.10. The molecular formula is C28H49N3O20. The van der Waals surface area contributed by atoms with E-state index in [4.69, 9.17) is 40.9 Å². The van der Waals surface area contributed by atoms with Gasteiger partial charge in [0.2, 0.25) is 0 Å². The van der Waals surface area contributed by atoms with Gasteiger partial charge in [-0.15, -0.1) is 0 Å². The molecule has 3 aliphatic heterocycles. The van der Waals surface area contributed by atoms with Crippen LogP contribution >= 0.6 is 0 Å². The molecule has 51 heavy (non-hydrogen) atoms. The molecule has 0 bridgehead atoms. The van der Waals surface area contributed by atoms with Gasteiger partial charge in [-0.25, -0.2) is 0 Å². The second kappa shape index (κ2) is 15.9. The lowest BCUT2D eigenvalue weighted by atomic mass is 9.55. The third kappa shape index (κ3) is 6.67. The van der Waals surface area contributed by atoms with E-state index in [1.54, 1.807) is 0 Å². The summed E-state index contributed by atoms with van der Waals surface area (Å²) in [6.45, 7) is -1.61. The van der Waals surface area contributed by atoms with Gasteiger partial charge in [0.05, 0.1) is 31.9 Å². The smallest absolute Gasteiger partial charge is 0.258 e. The van der Waals surface area contributed by atoms with Crippen LogP contribution in [0.25, 0.3) is 0 Å². The highest BCUT2D eigenvalue weighted by molar-refractivity contribution is 5.99. The number of carbonyl (C=O) groups is 3. The van der Waals surface area contributed by atoms with E-state index in [9.17, 15) is 75.7 Å². The number of ether oxygens (including phenoxy) is 5. The Morgan fingerprint density at radius 1 is 0.902 bits per heavy atom. The van der Waals surface area contributed by atoms with Crippen LogP contribution in [0.4, 0.5) is 0 Å². The van der Waals surface area contributed by atoms with E-state index < -0.39 is 146 Å². The summed E-state index contributed by atoms with van der Waals surface area (Å²) >= 11 is 0. The van der Waals surface area contributed by atoms with Gasteiger partial charge in [0.1, 0.15) is 79.0 Å². The van der Waals surface area contributed by atoms with Crippen LogP contribution in [0.15, 0.2) is 0 Å². The highest BCUT2D eigenvalue weighted by atomic mass is 16.8. The van der Waals surface area contributed by atoms with Gasteiger partial charge in [0, 0.05) is 6.92 Å². The topological polar surface area (TPSA) is 418 Å². The van der Waals surface area contributed by atoms with Crippen molar-refractivity contribution in [1.29, 1.82) is 0 Å². The van der Waals surface area contributed by atoms with Crippen molar-refractivity contribution in [3.8, 4) is 0 Å². The summed E-state index contributed by atoms with van der Waals surface area (Å²) < 4.78 is 28.4. The number of rotatable bonds is 14. The maximum atomic E-state index is 14.0. The molecule has 3 heterocycles. The SMILES string of the molecule is CC(=O)[C@]1(O[C@@H]([C@H](O)[C@@H](N)C=O)[C@H](O)CO)O[C@H](CO)[C@H](O[C@@H]2O[C@H](CO)[C@@H](O)[C@H](O)[C@H]2N)[C@@](O)([C@@]2(C)OC(O)[C@@H](O)[C@H](O)[C@@H]2O)[C@@]1(N)C(C)=O. The first-order valence-corrected chi connectivity index (χ1v) is 15.7. The maximum absolute atomic E-state index is 14.0. The fraction of sp³-hybridized carbons (Fsp3) is 0.893. The molecule has 0 aromatic carbocycles. The Bertz CT molecular complexity index is 1250. The molecule has 3 aliphatic rings. The zero-order chi connectivity index (χ0) is 39.2. The highest BCUT2D eigenvalue weighted by Crippen LogP contribution is 2.55. The predicted molar refractivity (Wildman–Crippen MR) is 160 cm³/mol. The van der Waals surface area contributed by atoms with Crippen LogP contribution < -0.4 is 17.2 Å². The number of ketones is 2. The Morgan fingerprint density at radius 2 is 1.47 bits per heavy atom. The van der Waals surface area contributed by atoms with E-state index in [-0.39, 0.29) is 6.29 Å². The normalized spacial score (nSPS) is 47.2. The molecule has 3 saturated heterocycles. The maximum Gasteiger partial charge on any atom is 0.258 e. The van der Waals surface area contributed by atoms with Crippen molar-refractivity contribution in [2.75, 3.05) is 19.8 Å². The molecule has 0 amide bonds. The van der Waals surface area contributed by atoms with Crippen LogP contribution in [-0.4, -0.2) is 213 Å². The van der Waals surface area contributed by atoms with E-state index in [2.05, 4.69) is 0 Å². The second-order valence-corrected chi connectivity index (χ2v) is 13.1. The average molecular weight is 748 g/mol. The van der Waals surface area contributed by atoms with Crippen LogP contribution in [0.3, 0.4) is 0 Å². The lowest BCUT2D eigenvalue weighted by molar-refractivity contribution is -0.440. The summed E-state index contributed by atoms with van der Waals surface area (Å²) in [6.07, 6.45) is -29.1. The first kappa shape index (κ1) is 43.6. The van der Waals surface area contributed by atoms with Crippen LogP contribution in [-0.2, 0) is 38.1 Å². The van der Waals surface area contributed by atoms with Gasteiger partial charge in [0.25, 0.3) is 5.79 Å².